The van der Waals surface area contributed by atoms with E-state index in [2.05, 4.69) is 21.2 Å². The molecular weight excluding hydrogens is 420 g/mol. The maximum absolute atomic E-state index is 12.6. The van der Waals surface area contributed by atoms with Crippen molar-refractivity contribution in [1.29, 1.82) is 0 Å². The first kappa shape index (κ1) is 19.0. The summed E-state index contributed by atoms with van der Waals surface area (Å²) in [6.07, 6.45) is 0.243. The summed E-state index contributed by atoms with van der Waals surface area (Å²) in [4.78, 5) is 12.4. The Morgan fingerprint density at radius 3 is 2.46 bits per heavy atom. The number of carbonyl (C=O) groups excluding carboxylic acids is 1. The molecule has 0 aliphatic carbocycles. The van der Waals surface area contributed by atoms with Crippen LogP contribution in [0.15, 0.2) is 57.9 Å². The molecule has 8 heteroatoms. The molecule has 0 saturated carbocycles. The fourth-order valence-corrected chi connectivity index (χ4v) is 4.54. The second kappa shape index (κ2) is 8.30. The first-order valence-electron chi connectivity index (χ1n) is 8.17. The molecule has 0 atom stereocenters. The molecule has 1 N–H and O–H groups in total. The zero-order chi connectivity index (χ0) is 18.6. The maximum atomic E-state index is 12.6. The van der Waals surface area contributed by atoms with Crippen molar-refractivity contribution in [3.63, 3.8) is 0 Å². The first-order chi connectivity index (χ1) is 12.4. The topological polar surface area (TPSA) is 75.7 Å². The number of halogens is 1. The number of anilines is 1. The number of amides is 1. The molecule has 2 aromatic carbocycles. The van der Waals surface area contributed by atoms with Crippen LogP contribution in [0.3, 0.4) is 0 Å². The van der Waals surface area contributed by atoms with Crippen LogP contribution in [0.1, 0.15) is 5.56 Å². The van der Waals surface area contributed by atoms with E-state index in [4.69, 9.17) is 4.74 Å². The molecule has 1 heterocycles. The van der Waals surface area contributed by atoms with Crippen LogP contribution < -0.4 is 5.32 Å². The third kappa shape index (κ3) is 4.70. The molecule has 0 radical (unpaired) electrons. The molecule has 3 rings (SSSR count). The van der Waals surface area contributed by atoms with E-state index in [-0.39, 0.29) is 17.2 Å². The molecule has 0 aromatic heterocycles. The number of morpholine rings is 1. The fraction of sp³-hybridized carbons (Fsp3) is 0.278. The molecule has 26 heavy (non-hydrogen) atoms. The van der Waals surface area contributed by atoms with Crippen LogP contribution in [-0.4, -0.2) is 44.9 Å². The summed E-state index contributed by atoms with van der Waals surface area (Å²) in [6, 6.07) is 13.8. The van der Waals surface area contributed by atoms with Gasteiger partial charge in [0.05, 0.1) is 24.5 Å². The van der Waals surface area contributed by atoms with E-state index in [0.717, 1.165) is 10.0 Å². The molecule has 1 aliphatic rings. The van der Waals surface area contributed by atoms with Gasteiger partial charge in [0.2, 0.25) is 15.9 Å². The van der Waals surface area contributed by atoms with Gasteiger partial charge in [0.25, 0.3) is 0 Å². The van der Waals surface area contributed by atoms with Crippen molar-refractivity contribution >= 4 is 37.5 Å². The zero-order valence-electron chi connectivity index (χ0n) is 14.0. The summed E-state index contributed by atoms with van der Waals surface area (Å²) in [5, 5.41) is 2.79. The van der Waals surface area contributed by atoms with Crippen LogP contribution >= 0.6 is 15.9 Å². The largest absolute Gasteiger partial charge is 0.379 e. The van der Waals surface area contributed by atoms with Gasteiger partial charge >= 0.3 is 0 Å². The Morgan fingerprint density at radius 1 is 1.12 bits per heavy atom. The molecule has 0 bridgehead atoms. The minimum absolute atomic E-state index is 0.160. The fourth-order valence-electron chi connectivity index (χ4n) is 2.68. The number of sulfonamides is 1. The van der Waals surface area contributed by atoms with Gasteiger partial charge in [-0.2, -0.15) is 4.31 Å². The third-order valence-corrected chi connectivity index (χ3v) is 6.41. The van der Waals surface area contributed by atoms with Gasteiger partial charge < -0.3 is 10.1 Å². The molecule has 1 amide bonds. The Balaban J connectivity index is 1.64. The van der Waals surface area contributed by atoms with E-state index in [1.54, 1.807) is 12.1 Å². The van der Waals surface area contributed by atoms with Crippen LogP contribution in [0.25, 0.3) is 0 Å². The van der Waals surface area contributed by atoms with Crippen LogP contribution in [0, 0.1) is 0 Å². The Labute approximate surface area is 161 Å². The molecule has 2 aromatic rings. The lowest BCUT2D eigenvalue weighted by atomic mass is 10.1. The molecule has 1 saturated heterocycles. The van der Waals surface area contributed by atoms with Crippen molar-refractivity contribution in [2.75, 3.05) is 31.6 Å². The van der Waals surface area contributed by atoms with Gasteiger partial charge in [-0.1, -0.05) is 28.1 Å². The monoisotopic (exact) mass is 438 g/mol. The second-order valence-electron chi connectivity index (χ2n) is 5.90. The number of nitrogens with zero attached hydrogens (tertiary/aromatic N) is 1. The predicted molar refractivity (Wildman–Crippen MR) is 102 cm³/mol. The van der Waals surface area contributed by atoms with Gasteiger partial charge in [-0.25, -0.2) is 8.42 Å². The van der Waals surface area contributed by atoms with Crippen LogP contribution in [0.4, 0.5) is 5.69 Å². The van der Waals surface area contributed by atoms with Crippen molar-refractivity contribution < 1.29 is 17.9 Å². The van der Waals surface area contributed by atoms with Gasteiger partial charge in [0.15, 0.2) is 0 Å². The minimum atomic E-state index is -3.53. The Hall–Kier alpha value is -1.74. The zero-order valence-corrected chi connectivity index (χ0v) is 16.4. The first-order valence-corrected chi connectivity index (χ1v) is 10.4. The highest BCUT2D eigenvalue weighted by molar-refractivity contribution is 9.10. The van der Waals surface area contributed by atoms with Crippen molar-refractivity contribution in [2.45, 2.75) is 11.3 Å². The second-order valence-corrected chi connectivity index (χ2v) is 8.75. The lowest BCUT2D eigenvalue weighted by Crippen LogP contribution is -2.40. The van der Waals surface area contributed by atoms with E-state index in [1.165, 1.54) is 16.4 Å². The average Bonchev–Trinajstić information content (AvgIpc) is 2.63. The van der Waals surface area contributed by atoms with Crippen molar-refractivity contribution in [1.82, 2.24) is 4.31 Å². The number of hydrogen-bond donors (Lipinski definition) is 1. The molecule has 138 valence electrons. The SMILES string of the molecule is O=C(Cc1cccc(Br)c1)Nc1ccc(S(=O)(=O)N2CCOCC2)cc1. The predicted octanol–water partition coefficient (Wildman–Crippen LogP) is 2.65. The lowest BCUT2D eigenvalue weighted by molar-refractivity contribution is -0.115. The molecule has 6 nitrogen and oxygen atoms in total. The van der Waals surface area contributed by atoms with E-state index in [1.807, 2.05) is 24.3 Å². The van der Waals surface area contributed by atoms with E-state index < -0.39 is 10.0 Å². The molecule has 1 aliphatic heterocycles. The highest BCUT2D eigenvalue weighted by Gasteiger charge is 2.26. The summed E-state index contributed by atoms with van der Waals surface area (Å²) in [6.45, 7) is 1.52. The van der Waals surface area contributed by atoms with Crippen LogP contribution in [0.2, 0.25) is 0 Å². The van der Waals surface area contributed by atoms with Crippen molar-refractivity contribution in [3.05, 3.63) is 58.6 Å². The van der Waals surface area contributed by atoms with Gasteiger partial charge in [-0.3, -0.25) is 4.79 Å². The van der Waals surface area contributed by atoms with Crippen LogP contribution in [0.5, 0.6) is 0 Å². The number of carbonyl (C=O) groups is 1. The van der Waals surface area contributed by atoms with E-state index in [9.17, 15) is 13.2 Å². The van der Waals surface area contributed by atoms with Gasteiger partial charge in [0.1, 0.15) is 0 Å². The highest BCUT2D eigenvalue weighted by Crippen LogP contribution is 2.20. The smallest absolute Gasteiger partial charge is 0.243 e. The quantitative estimate of drug-likeness (QED) is 0.778. The number of ether oxygens (including phenoxy) is 1. The van der Waals surface area contributed by atoms with Gasteiger partial charge in [-0.05, 0) is 42.0 Å². The minimum Gasteiger partial charge on any atom is -0.379 e. The van der Waals surface area contributed by atoms with Crippen molar-refractivity contribution in [2.24, 2.45) is 0 Å². The molecule has 1 fully saturated rings. The molecular formula is C18H19BrN2O4S. The Kier molecular flexibility index (Phi) is 6.08. The van der Waals surface area contributed by atoms with Crippen molar-refractivity contribution in [3.8, 4) is 0 Å². The normalized spacial score (nSPS) is 15.6. The number of rotatable bonds is 5. The molecule has 0 unspecified atom stereocenters. The summed E-state index contributed by atoms with van der Waals surface area (Å²) in [5.74, 6) is -0.160. The highest BCUT2D eigenvalue weighted by atomic mass is 79.9. The van der Waals surface area contributed by atoms with E-state index >= 15 is 0 Å². The Morgan fingerprint density at radius 2 is 1.81 bits per heavy atom. The average molecular weight is 439 g/mol. The lowest BCUT2D eigenvalue weighted by Gasteiger charge is -2.26. The summed E-state index contributed by atoms with van der Waals surface area (Å²) in [7, 11) is -3.53. The van der Waals surface area contributed by atoms with Gasteiger partial charge in [-0.15, -0.1) is 0 Å². The van der Waals surface area contributed by atoms with Crippen LogP contribution in [-0.2, 0) is 26.0 Å². The summed E-state index contributed by atoms with van der Waals surface area (Å²) < 4.78 is 32.7. The number of benzene rings is 2. The number of nitrogens with one attached hydrogen (secondary N) is 1. The Bertz CT molecular complexity index is 878. The summed E-state index contributed by atoms with van der Waals surface area (Å²) in [5.41, 5.74) is 1.45. The van der Waals surface area contributed by atoms with E-state index in [0.29, 0.717) is 32.0 Å². The molecule has 0 spiro atoms. The summed E-state index contributed by atoms with van der Waals surface area (Å²) >= 11 is 3.38. The van der Waals surface area contributed by atoms with Gasteiger partial charge in [0, 0.05) is 23.2 Å². The standard InChI is InChI=1S/C18H19BrN2O4S/c19-15-3-1-2-14(12-15)13-18(22)20-16-4-6-17(7-5-16)26(23,24)21-8-10-25-11-9-21/h1-7,12H,8-11,13H2,(H,20,22). The maximum Gasteiger partial charge on any atom is 0.243 e. The number of hydrogen-bond acceptors (Lipinski definition) is 4. The third-order valence-electron chi connectivity index (χ3n) is 4.00.